The maximum absolute atomic E-state index is 11.8. The average Bonchev–Trinajstić information content (AvgIpc) is 2.75. The number of aromatic nitrogens is 1. The van der Waals surface area contributed by atoms with Crippen molar-refractivity contribution in [2.45, 2.75) is 6.18 Å². The van der Waals surface area contributed by atoms with Gasteiger partial charge in [-0.3, -0.25) is 4.79 Å². The first kappa shape index (κ1) is 13.1. The average molecular weight is 270 g/mol. The maximum atomic E-state index is 11.8. The fourth-order valence-corrected chi connectivity index (χ4v) is 1.35. The first-order valence-corrected chi connectivity index (χ1v) is 5.32. The van der Waals surface area contributed by atoms with Crippen molar-refractivity contribution in [2.75, 3.05) is 6.54 Å². The minimum Gasteiger partial charge on any atom is -0.437 e. The quantitative estimate of drug-likeness (QED) is 0.872. The molecule has 1 N–H and O–H groups in total. The molecule has 0 radical (unpaired) electrons. The van der Waals surface area contributed by atoms with E-state index in [0.717, 1.165) is 6.08 Å². The first-order valence-electron chi connectivity index (χ1n) is 5.32. The molecule has 0 unspecified atom stereocenters. The summed E-state index contributed by atoms with van der Waals surface area (Å²) in [5, 5.41) is 1.71. The Labute approximate surface area is 105 Å². The van der Waals surface area contributed by atoms with Crippen LogP contribution in [0.2, 0.25) is 0 Å². The van der Waals surface area contributed by atoms with Gasteiger partial charge in [-0.25, -0.2) is 4.98 Å². The van der Waals surface area contributed by atoms with Crippen LogP contribution in [0.5, 0.6) is 0 Å². The summed E-state index contributed by atoms with van der Waals surface area (Å²) >= 11 is 0. The minimum atomic E-state index is -4.43. The normalized spacial score (nSPS) is 12.2. The number of carbonyl (C=O) groups excluding carboxylic acids is 1. The number of hydrogen-bond donors (Lipinski definition) is 1. The van der Waals surface area contributed by atoms with Crippen molar-refractivity contribution in [3.8, 4) is 0 Å². The molecule has 2 rings (SSSR count). The number of fused-ring (bicyclic) bond motifs is 1. The van der Waals surface area contributed by atoms with Crippen LogP contribution in [0.3, 0.4) is 0 Å². The van der Waals surface area contributed by atoms with Crippen molar-refractivity contribution >= 4 is 23.1 Å². The van der Waals surface area contributed by atoms with E-state index in [1.165, 1.54) is 6.08 Å². The van der Waals surface area contributed by atoms with Crippen molar-refractivity contribution in [1.82, 2.24) is 10.3 Å². The zero-order valence-corrected chi connectivity index (χ0v) is 9.57. The van der Waals surface area contributed by atoms with Gasteiger partial charge in [-0.15, -0.1) is 0 Å². The predicted molar refractivity (Wildman–Crippen MR) is 62.1 cm³/mol. The lowest BCUT2D eigenvalue weighted by Crippen LogP contribution is -2.32. The lowest BCUT2D eigenvalue weighted by molar-refractivity contribution is -0.135. The van der Waals surface area contributed by atoms with E-state index < -0.39 is 18.6 Å². The molecule has 0 spiro atoms. The van der Waals surface area contributed by atoms with E-state index in [1.54, 1.807) is 29.6 Å². The Morgan fingerprint density at radius 2 is 2.11 bits per heavy atom. The smallest absolute Gasteiger partial charge is 0.405 e. The molecular weight excluding hydrogens is 261 g/mol. The number of carbonyl (C=O) groups is 1. The van der Waals surface area contributed by atoms with E-state index in [-0.39, 0.29) is 5.89 Å². The summed E-state index contributed by atoms with van der Waals surface area (Å²) in [7, 11) is 0. The Balaban J connectivity index is 2.00. The second-order valence-electron chi connectivity index (χ2n) is 3.69. The third-order valence-corrected chi connectivity index (χ3v) is 2.15. The van der Waals surface area contributed by atoms with Crippen LogP contribution in [0.25, 0.3) is 17.2 Å². The largest absolute Gasteiger partial charge is 0.437 e. The van der Waals surface area contributed by atoms with Crippen molar-refractivity contribution < 1.29 is 22.4 Å². The van der Waals surface area contributed by atoms with Gasteiger partial charge in [-0.2, -0.15) is 13.2 Å². The van der Waals surface area contributed by atoms with Crippen molar-refractivity contribution in [3.05, 3.63) is 36.2 Å². The van der Waals surface area contributed by atoms with Crippen LogP contribution in [0.1, 0.15) is 5.89 Å². The van der Waals surface area contributed by atoms with Crippen LogP contribution >= 0.6 is 0 Å². The molecular formula is C12H9F3N2O2. The Morgan fingerprint density at radius 1 is 1.37 bits per heavy atom. The molecule has 0 aliphatic heterocycles. The molecule has 0 aliphatic carbocycles. The van der Waals surface area contributed by atoms with Crippen LogP contribution in [-0.2, 0) is 4.79 Å². The number of amides is 1. The number of oxazole rings is 1. The van der Waals surface area contributed by atoms with Gasteiger partial charge in [0.05, 0.1) is 0 Å². The van der Waals surface area contributed by atoms with E-state index in [4.69, 9.17) is 4.42 Å². The lowest BCUT2D eigenvalue weighted by Gasteiger charge is -2.05. The summed E-state index contributed by atoms with van der Waals surface area (Å²) in [5.74, 6) is -0.706. The Hall–Kier alpha value is -2.31. The fourth-order valence-electron chi connectivity index (χ4n) is 1.35. The van der Waals surface area contributed by atoms with E-state index in [0.29, 0.717) is 11.1 Å². The van der Waals surface area contributed by atoms with Gasteiger partial charge >= 0.3 is 6.18 Å². The molecule has 4 nitrogen and oxygen atoms in total. The van der Waals surface area contributed by atoms with E-state index in [1.807, 2.05) is 0 Å². The van der Waals surface area contributed by atoms with Gasteiger partial charge in [0.1, 0.15) is 12.1 Å². The zero-order valence-electron chi connectivity index (χ0n) is 9.57. The summed E-state index contributed by atoms with van der Waals surface area (Å²) in [6.07, 6.45) is -2.27. The number of para-hydroxylation sites is 2. The molecule has 0 bridgehead atoms. The second-order valence-corrected chi connectivity index (χ2v) is 3.69. The molecule has 7 heteroatoms. The van der Waals surface area contributed by atoms with Crippen molar-refractivity contribution in [1.29, 1.82) is 0 Å². The number of nitrogens with zero attached hydrogens (tertiary/aromatic N) is 1. The van der Waals surface area contributed by atoms with E-state index in [2.05, 4.69) is 4.98 Å². The van der Waals surface area contributed by atoms with Crippen LogP contribution in [0.15, 0.2) is 34.8 Å². The summed E-state index contributed by atoms with van der Waals surface area (Å²) in [4.78, 5) is 15.1. The highest BCUT2D eigenvalue weighted by molar-refractivity contribution is 5.91. The number of rotatable bonds is 3. The molecule has 1 amide bonds. The van der Waals surface area contributed by atoms with Gasteiger partial charge in [0.25, 0.3) is 0 Å². The molecule has 0 saturated heterocycles. The van der Waals surface area contributed by atoms with Gasteiger partial charge in [0, 0.05) is 12.2 Å². The van der Waals surface area contributed by atoms with Gasteiger partial charge < -0.3 is 9.73 Å². The molecule has 0 aliphatic rings. The topological polar surface area (TPSA) is 55.1 Å². The number of alkyl halides is 3. The molecule has 0 atom stereocenters. The van der Waals surface area contributed by atoms with Gasteiger partial charge in [-0.05, 0) is 12.1 Å². The molecule has 0 fully saturated rings. The number of nitrogens with one attached hydrogen (secondary N) is 1. The van der Waals surface area contributed by atoms with Crippen molar-refractivity contribution in [2.24, 2.45) is 0 Å². The van der Waals surface area contributed by atoms with E-state index in [9.17, 15) is 18.0 Å². The number of hydrogen-bond acceptors (Lipinski definition) is 3. The minimum absolute atomic E-state index is 0.156. The highest BCUT2D eigenvalue weighted by Crippen LogP contribution is 2.15. The highest BCUT2D eigenvalue weighted by atomic mass is 19.4. The van der Waals surface area contributed by atoms with Gasteiger partial charge in [-0.1, -0.05) is 12.1 Å². The van der Waals surface area contributed by atoms with Gasteiger partial charge in [0.2, 0.25) is 11.8 Å². The SMILES string of the molecule is O=C(/C=C/c1nc2ccccc2o1)NCC(F)(F)F. The molecule has 1 aromatic carbocycles. The third-order valence-electron chi connectivity index (χ3n) is 2.15. The van der Waals surface area contributed by atoms with Crippen molar-refractivity contribution in [3.63, 3.8) is 0 Å². The first-order chi connectivity index (χ1) is 8.94. The highest BCUT2D eigenvalue weighted by Gasteiger charge is 2.27. The summed E-state index contributed by atoms with van der Waals surface area (Å²) in [6, 6.07) is 6.95. The van der Waals surface area contributed by atoms with Crippen LogP contribution in [0.4, 0.5) is 13.2 Å². The lowest BCUT2D eigenvalue weighted by atomic mass is 10.3. The molecule has 100 valence electrons. The zero-order chi connectivity index (χ0) is 13.9. The molecule has 19 heavy (non-hydrogen) atoms. The molecule has 2 aromatic rings. The number of halogens is 3. The summed E-state index contributed by atoms with van der Waals surface area (Å²) in [5.41, 5.74) is 1.15. The Morgan fingerprint density at radius 3 is 2.79 bits per heavy atom. The summed E-state index contributed by atoms with van der Waals surface area (Å²) in [6.45, 7) is -1.37. The standard InChI is InChI=1S/C12H9F3N2O2/c13-12(14,15)7-16-10(18)5-6-11-17-8-3-1-2-4-9(8)19-11/h1-6H,7H2,(H,16,18)/b6-5+. The Bertz CT molecular complexity index is 584. The predicted octanol–water partition coefficient (Wildman–Crippen LogP) is 2.52. The molecule has 0 saturated carbocycles. The second kappa shape index (κ2) is 5.13. The van der Waals surface area contributed by atoms with Gasteiger partial charge in [0.15, 0.2) is 5.58 Å². The van der Waals surface area contributed by atoms with Crippen LogP contribution < -0.4 is 5.32 Å². The maximum Gasteiger partial charge on any atom is 0.405 e. The van der Waals surface area contributed by atoms with Crippen LogP contribution in [-0.4, -0.2) is 23.6 Å². The summed E-state index contributed by atoms with van der Waals surface area (Å²) < 4.78 is 40.8. The van der Waals surface area contributed by atoms with E-state index >= 15 is 0 Å². The number of benzene rings is 1. The third kappa shape index (κ3) is 3.84. The molecule has 1 heterocycles. The molecule has 1 aromatic heterocycles. The van der Waals surface area contributed by atoms with Crippen LogP contribution in [0, 0.1) is 0 Å². The monoisotopic (exact) mass is 270 g/mol. The fraction of sp³-hybridized carbons (Fsp3) is 0.167. The Kier molecular flexibility index (Phi) is 3.55.